The highest BCUT2D eigenvalue weighted by Gasteiger charge is 2.24. The fraction of sp³-hybridized carbons (Fsp3) is 0.250. The Morgan fingerprint density at radius 1 is 1.09 bits per heavy atom. The summed E-state index contributed by atoms with van der Waals surface area (Å²) in [5, 5.41) is 15.2. The van der Waals surface area contributed by atoms with Crippen LogP contribution in [-0.4, -0.2) is 21.9 Å². The Kier molecular flexibility index (Phi) is 7.55. The number of fused-ring (bicyclic) bond motifs is 1. The number of benzene rings is 3. The number of carbonyl (C=O) groups excluding carboxylic acids is 1. The van der Waals surface area contributed by atoms with Crippen LogP contribution in [-0.2, 0) is 11.3 Å². The number of nitrogens with one attached hydrogen (secondary N) is 1. The maximum Gasteiger partial charge on any atom is 0.270 e. The Morgan fingerprint density at radius 3 is 2.60 bits per heavy atom. The van der Waals surface area contributed by atoms with Crippen LogP contribution >= 0.6 is 0 Å². The van der Waals surface area contributed by atoms with E-state index in [4.69, 9.17) is 0 Å². The molecular weight excluding hydrogens is 445 g/mol. The van der Waals surface area contributed by atoms with Gasteiger partial charge in [-0.25, -0.2) is 4.39 Å². The zero-order valence-corrected chi connectivity index (χ0v) is 19.6. The van der Waals surface area contributed by atoms with Crippen molar-refractivity contribution in [2.75, 3.05) is 6.54 Å². The van der Waals surface area contributed by atoms with Gasteiger partial charge in [-0.3, -0.25) is 14.9 Å². The van der Waals surface area contributed by atoms with Crippen molar-refractivity contribution in [3.63, 3.8) is 0 Å². The van der Waals surface area contributed by atoms with Crippen molar-refractivity contribution >= 4 is 22.5 Å². The summed E-state index contributed by atoms with van der Waals surface area (Å²) in [4.78, 5) is 24.0. The first kappa shape index (κ1) is 24.1. The summed E-state index contributed by atoms with van der Waals surface area (Å²) in [6.45, 7) is 3.19. The van der Waals surface area contributed by atoms with Crippen LogP contribution in [0.3, 0.4) is 0 Å². The number of amides is 1. The number of hydrogen-bond acceptors (Lipinski definition) is 3. The standard InChI is InChI=1S/C28H28FN3O3/c1-2-3-14-30-28(33)17-24(21-10-7-11-22(29)15-21)26-19-31(18-20-8-5-4-6-9-20)27-13-12-23(32(34)35)16-25(26)27/h4-13,15-16,19,24H,2-3,14,17-18H2,1H3,(H,30,33)/t24-/m1/s1. The van der Waals surface area contributed by atoms with Crippen LogP contribution < -0.4 is 5.32 Å². The Labute approximate surface area is 203 Å². The maximum atomic E-state index is 14.2. The van der Waals surface area contributed by atoms with Gasteiger partial charge in [-0.05, 0) is 41.3 Å². The van der Waals surface area contributed by atoms with E-state index in [1.807, 2.05) is 41.1 Å². The second-order valence-corrected chi connectivity index (χ2v) is 8.67. The molecule has 4 rings (SSSR count). The maximum absolute atomic E-state index is 14.2. The van der Waals surface area contributed by atoms with Gasteiger partial charge in [-0.1, -0.05) is 55.8 Å². The third-order valence-electron chi connectivity index (χ3n) is 6.17. The van der Waals surface area contributed by atoms with Crippen molar-refractivity contribution in [1.82, 2.24) is 9.88 Å². The highest BCUT2D eigenvalue weighted by atomic mass is 19.1. The third kappa shape index (κ3) is 5.74. The monoisotopic (exact) mass is 473 g/mol. The smallest absolute Gasteiger partial charge is 0.270 e. The van der Waals surface area contributed by atoms with Gasteiger partial charge >= 0.3 is 0 Å². The summed E-state index contributed by atoms with van der Waals surface area (Å²) in [7, 11) is 0. The van der Waals surface area contributed by atoms with E-state index in [2.05, 4.69) is 12.2 Å². The van der Waals surface area contributed by atoms with E-state index in [1.54, 1.807) is 24.3 Å². The van der Waals surface area contributed by atoms with Gasteiger partial charge in [0.15, 0.2) is 0 Å². The van der Waals surface area contributed by atoms with Gasteiger partial charge in [-0.2, -0.15) is 0 Å². The summed E-state index contributed by atoms with van der Waals surface area (Å²) < 4.78 is 16.2. The molecule has 35 heavy (non-hydrogen) atoms. The number of nitrogens with zero attached hydrogens (tertiary/aromatic N) is 2. The lowest BCUT2D eigenvalue weighted by atomic mass is 9.88. The molecule has 0 saturated carbocycles. The Hall–Kier alpha value is -4.00. The van der Waals surface area contributed by atoms with Crippen molar-refractivity contribution in [1.29, 1.82) is 0 Å². The van der Waals surface area contributed by atoms with Gasteiger partial charge in [-0.15, -0.1) is 0 Å². The Bertz CT molecular complexity index is 1330. The zero-order chi connectivity index (χ0) is 24.8. The third-order valence-corrected chi connectivity index (χ3v) is 6.17. The van der Waals surface area contributed by atoms with Crippen LogP contribution in [0, 0.1) is 15.9 Å². The molecule has 0 radical (unpaired) electrons. The highest BCUT2D eigenvalue weighted by Crippen LogP contribution is 2.37. The molecule has 0 fully saturated rings. The summed E-state index contributed by atoms with van der Waals surface area (Å²) >= 11 is 0. The van der Waals surface area contributed by atoms with E-state index < -0.39 is 16.7 Å². The molecule has 0 aliphatic rings. The van der Waals surface area contributed by atoms with E-state index in [1.165, 1.54) is 18.2 Å². The molecule has 7 heteroatoms. The lowest BCUT2D eigenvalue weighted by molar-refractivity contribution is -0.384. The summed E-state index contributed by atoms with van der Waals surface area (Å²) in [6.07, 6.45) is 3.89. The lowest BCUT2D eigenvalue weighted by Gasteiger charge is -2.17. The van der Waals surface area contributed by atoms with Crippen molar-refractivity contribution in [2.24, 2.45) is 0 Å². The van der Waals surface area contributed by atoms with Crippen molar-refractivity contribution in [3.8, 4) is 0 Å². The predicted molar refractivity (Wildman–Crippen MR) is 135 cm³/mol. The first-order valence-corrected chi connectivity index (χ1v) is 11.8. The largest absolute Gasteiger partial charge is 0.356 e. The highest BCUT2D eigenvalue weighted by molar-refractivity contribution is 5.88. The van der Waals surface area contributed by atoms with E-state index in [9.17, 15) is 19.3 Å². The first-order valence-electron chi connectivity index (χ1n) is 11.8. The fourth-order valence-corrected chi connectivity index (χ4v) is 4.41. The second-order valence-electron chi connectivity index (χ2n) is 8.67. The summed E-state index contributed by atoms with van der Waals surface area (Å²) in [6, 6.07) is 20.9. The minimum Gasteiger partial charge on any atom is -0.356 e. The fourth-order valence-electron chi connectivity index (χ4n) is 4.41. The number of rotatable bonds is 10. The number of aromatic nitrogens is 1. The number of carbonyl (C=O) groups is 1. The molecule has 1 amide bonds. The number of unbranched alkanes of at least 4 members (excludes halogenated alkanes) is 1. The Balaban J connectivity index is 1.83. The van der Waals surface area contributed by atoms with Crippen LogP contribution in [0.4, 0.5) is 10.1 Å². The van der Waals surface area contributed by atoms with Crippen LogP contribution in [0.25, 0.3) is 10.9 Å². The molecule has 6 nitrogen and oxygen atoms in total. The molecule has 0 unspecified atom stereocenters. The molecule has 3 aromatic carbocycles. The molecule has 0 saturated heterocycles. The quantitative estimate of drug-likeness (QED) is 0.170. The number of hydrogen-bond donors (Lipinski definition) is 1. The molecule has 1 heterocycles. The number of nitro groups is 1. The van der Waals surface area contributed by atoms with Crippen LogP contribution in [0.5, 0.6) is 0 Å². The van der Waals surface area contributed by atoms with E-state index in [0.717, 1.165) is 29.5 Å². The normalized spacial score (nSPS) is 11.9. The molecule has 1 atom stereocenters. The SMILES string of the molecule is CCCCNC(=O)C[C@H](c1cccc(F)c1)c1cn(Cc2ccccc2)c2ccc([N+](=O)[O-])cc12. The average molecular weight is 474 g/mol. The zero-order valence-electron chi connectivity index (χ0n) is 19.6. The van der Waals surface area contributed by atoms with E-state index in [0.29, 0.717) is 24.0 Å². The first-order chi connectivity index (χ1) is 17.0. The van der Waals surface area contributed by atoms with Gasteiger partial charge in [0.05, 0.1) is 4.92 Å². The van der Waals surface area contributed by atoms with Gasteiger partial charge in [0.25, 0.3) is 5.69 Å². The van der Waals surface area contributed by atoms with E-state index >= 15 is 0 Å². The number of non-ortho nitro benzene ring substituents is 1. The van der Waals surface area contributed by atoms with Gasteiger partial charge in [0.1, 0.15) is 5.82 Å². The Morgan fingerprint density at radius 2 is 1.89 bits per heavy atom. The molecule has 1 aromatic heterocycles. The van der Waals surface area contributed by atoms with Gasteiger partial charge in [0, 0.05) is 54.7 Å². The van der Waals surface area contributed by atoms with Gasteiger partial charge < -0.3 is 9.88 Å². The molecular formula is C28H28FN3O3. The molecule has 1 N–H and O–H groups in total. The van der Waals surface area contributed by atoms with Crippen molar-refractivity contribution in [3.05, 3.63) is 112 Å². The van der Waals surface area contributed by atoms with E-state index in [-0.39, 0.29) is 18.0 Å². The lowest BCUT2D eigenvalue weighted by Crippen LogP contribution is -2.26. The van der Waals surface area contributed by atoms with Crippen LogP contribution in [0.2, 0.25) is 0 Å². The molecule has 180 valence electrons. The average Bonchev–Trinajstić information content (AvgIpc) is 3.20. The van der Waals surface area contributed by atoms with Crippen molar-refractivity contribution in [2.45, 2.75) is 38.6 Å². The summed E-state index contributed by atoms with van der Waals surface area (Å²) in [5.74, 6) is -0.992. The number of nitro benzene ring substituents is 1. The molecule has 0 aliphatic carbocycles. The van der Waals surface area contributed by atoms with Crippen molar-refractivity contribution < 1.29 is 14.1 Å². The molecule has 0 bridgehead atoms. The second kappa shape index (κ2) is 11.0. The van der Waals surface area contributed by atoms with Crippen LogP contribution in [0.15, 0.2) is 79.0 Å². The predicted octanol–water partition coefficient (Wildman–Crippen LogP) is 6.18. The number of halogens is 1. The molecule has 4 aromatic rings. The van der Waals surface area contributed by atoms with Crippen LogP contribution in [0.1, 0.15) is 48.8 Å². The minimum atomic E-state index is -0.464. The summed E-state index contributed by atoms with van der Waals surface area (Å²) in [5.41, 5.74) is 3.29. The molecule has 0 aliphatic heterocycles. The minimum absolute atomic E-state index is 0.0263. The van der Waals surface area contributed by atoms with Gasteiger partial charge in [0.2, 0.25) is 5.91 Å². The molecule has 0 spiro atoms. The topological polar surface area (TPSA) is 77.2 Å².